The van der Waals surface area contributed by atoms with Crippen molar-refractivity contribution >= 4 is 23.0 Å². The summed E-state index contributed by atoms with van der Waals surface area (Å²) in [5.41, 5.74) is 8.17. The molecule has 0 fully saturated rings. The lowest BCUT2D eigenvalue weighted by molar-refractivity contribution is 0.0131. The Labute approximate surface area is 212 Å². The molecule has 2 aromatic heterocycles. The van der Waals surface area contributed by atoms with Crippen LogP contribution in [0.4, 0.5) is 8.78 Å². The van der Waals surface area contributed by atoms with Crippen LogP contribution in [0.25, 0.3) is 22.4 Å². The van der Waals surface area contributed by atoms with E-state index in [0.29, 0.717) is 23.1 Å². The summed E-state index contributed by atoms with van der Waals surface area (Å²) < 4.78 is 39.2. The average molecular weight is 508 g/mol. The van der Waals surface area contributed by atoms with E-state index < -0.39 is 23.6 Å². The second-order valence-corrected chi connectivity index (χ2v) is 8.61. The summed E-state index contributed by atoms with van der Waals surface area (Å²) in [4.78, 5) is 21.7. The Hall–Kier alpha value is -4.18. The van der Waals surface area contributed by atoms with E-state index in [-0.39, 0.29) is 29.4 Å². The number of benzene rings is 2. The van der Waals surface area contributed by atoms with Crippen LogP contribution < -0.4 is 15.8 Å². The van der Waals surface area contributed by atoms with Gasteiger partial charge >= 0.3 is 0 Å². The quantitative estimate of drug-likeness (QED) is 0.262. The molecule has 0 spiro atoms. The third-order valence-corrected chi connectivity index (χ3v) is 5.96. The SMILES string of the molecule is CC[C@H](N)c1oc(-c2ccc(OC)c3nc(C(C)(F)F)ccc23)nc1C(=O)NCc1ccc(C=N)cc1. The van der Waals surface area contributed by atoms with Gasteiger partial charge in [-0.2, -0.15) is 8.78 Å². The van der Waals surface area contributed by atoms with Crippen LogP contribution in [0.5, 0.6) is 5.75 Å². The van der Waals surface area contributed by atoms with Gasteiger partial charge < -0.3 is 25.6 Å². The number of alkyl halides is 2. The Morgan fingerprint density at radius 1 is 1.19 bits per heavy atom. The van der Waals surface area contributed by atoms with E-state index in [2.05, 4.69) is 15.3 Å². The highest BCUT2D eigenvalue weighted by Crippen LogP contribution is 2.37. The minimum absolute atomic E-state index is 0.0501. The summed E-state index contributed by atoms with van der Waals surface area (Å²) in [7, 11) is 1.43. The first-order chi connectivity index (χ1) is 17.7. The summed E-state index contributed by atoms with van der Waals surface area (Å²) in [6.45, 7) is 2.87. The van der Waals surface area contributed by atoms with Gasteiger partial charge in [0.15, 0.2) is 11.5 Å². The first kappa shape index (κ1) is 25.9. The third-order valence-electron chi connectivity index (χ3n) is 5.96. The fourth-order valence-corrected chi connectivity index (χ4v) is 3.83. The fourth-order valence-electron chi connectivity index (χ4n) is 3.83. The summed E-state index contributed by atoms with van der Waals surface area (Å²) in [5.74, 6) is -2.94. The summed E-state index contributed by atoms with van der Waals surface area (Å²) in [6, 6.07) is 12.6. The molecule has 4 rings (SSSR count). The molecule has 37 heavy (non-hydrogen) atoms. The molecular weight excluding hydrogens is 480 g/mol. The molecular formula is C27H27F2N5O3. The molecule has 0 aliphatic rings. The van der Waals surface area contributed by atoms with E-state index in [1.54, 1.807) is 24.3 Å². The lowest BCUT2D eigenvalue weighted by Crippen LogP contribution is -2.25. The number of amides is 1. The van der Waals surface area contributed by atoms with Gasteiger partial charge in [-0.15, -0.1) is 0 Å². The van der Waals surface area contributed by atoms with Crippen LogP contribution in [0.15, 0.2) is 52.9 Å². The lowest BCUT2D eigenvalue weighted by atomic mass is 10.1. The van der Waals surface area contributed by atoms with Crippen LogP contribution in [0, 0.1) is 5.41 Å². The van der Waals surface area contributed by atoms with Crippen molar-refractivity contribution < 1.29 is 22.7 Å². The smallest absolute Gasteiger partial charge is 0.286 e. The van der Waals surface area contributed by atoms with Crippen LogP contribution in [-0.4, -0.2) is 29.2 Å². The number of methoxy groups -OCH3 is 1. The first-order valence-electron chi connectivity index (χ1n) is 11.7. The molecule has 8 nitrogen and oxygen atoms in total. The molecule has 192 valence electrons. The number of ether oxygens (including phenoxy) is 1. The van der Waals surface area contributed by atoms with Crippen molar-refractivity contribution in [1.82, 2.24) is 15.3 Å². The van der Waals surface area contributed by atoms with Crippen molar-refractivity contribution in [3.63, 3.8) is 0 Å². The van der Waals surface area contributed by atoms with Crippen LogP contribution in [0.1, 0.15) is 59.4 Å². The molecule has 1 amide bonds. The van der Waals surface area contributed by atoms with E-state index in [9.17, 15) is 13.6 Å². The number of rotatable bonds is 9. The molecule has 0 bridgehead atoms. The Bertz CT molecular complexity index is 1450. The van der Waals surface area contributed by atoms with Crippen molar-refractivity contribution in [2.45, 2.75) is 38.8 Å². The number of nitrogens with zero attached hydrogens (tertiary/aromatic N) is 2. The number of nitrogens with one attached hydrogen (secondary N) is 2. The molecule has 2 aromatic carbocycles. The highest BCUT2D eigenvalue weighted by molar-refractivity contribution is 5.98. The number of pyridine rings is 1. The van der Waals surface area contributed by atoms with Gasteiger partial charge in [0.25, 0.3) is 11.8 Å². The van der Waals surface area contributed by atoms with Gasteiger partial charge in [-0.25, -0.2) is 9.97 Å². The maximum absolute atomic E-state index is 13.9. The van der Waals surface area contributed by atoms with Crippen LogP contribution in [0.2, 0.25) is 0 Å². The number of hydrogen-bond donors (Lipinski definition) is 3. The standard InChI is InChI=1S/C27H27F2N5O3/c1-4-19(31)24-23(25(35)32-14-16-7-5-15(13-30)6-8-16)34-26(37-24)18-9-11-20(36-3)22-17(18)10-12-21(33-22)27(2,28)29/h5-13,19,30H,4,14,31H2,1-3H3,(H,32,35)/t19-/m0/s1. The Balaban J connectivity index is 1.73. The Morgan fingerprint density at radius 3 is 2.54 bits per heavy atom. The number of carbonyl (C=O) groups excluding carboxylic acids is 1. The number of oxazole rings is 1. The molecule has 10 heteroatoms. The number of carbonyl (C=O) groups is 1. The summed E-state index contributed by atoms with van der Waals surface area (Å²) in [5, 5.41) is 10.6. The molecule has 0 aliphatic heterocycles. The van der Waals surface area contributed by atoms with Gasteiger partial charge in [-0.05, 0) is 41.8 Å². The molecule has 0 saturated heterocycles. The monoisotopic (exact) mass is 507 g/mol. The summed E-state index contributed by atoms with van der Waals surface area (Å²) in [6.07, 6.45) is 1.74. The molecule has 4 N–H and O–H groups in total. The third kappa shape index (κ3) is 5.34. The lowest BCUT2D eigenvalue weighted by Gasteiger charge is -2.13. The van der Waals surface area contributed by atoms with Crippen molar-refractivity contribution in [3.8, 4) is 17.2 Å². The van der Waals surface area contributed by atoms with E-state index >= 15 is 0 Å². The average Bonchev–Trinajstić information content (AvgIpc) is 3.35. The highest BCUT2D eigenvalue weighted by Gasteiger charge is 2.29. The maximum Gasteiger partial charge on any atom is 0.286 e. The minimum atomic E-state index is -3.13. The normalized spacial score (nSPS) is 12.4. The zero-order valence-electron chi connectivity index (χ0n) is 20.6. The van der Waals surface area contributed by atoms with E-state index in [1.807, 2.05) is 19.1 Å². The maximum atomic E-state index is 13.9. The molecule has 2 heterocycles. The molecule has 4 aromatic rings. The van der Waals surface area contributed by atoms with Crippen LogP contribution in [0.3, 0.4) is 0 Å². The second-order valence-electron chi connectivity index (χ2n) is 8.61. The second kappa shape index (κ2) is 10.4. The van der Waals surface area contributed by atoms with Crippen molar-refractivity contribution in [2.75, 3.05) is 7.11 Å². The molecule has 1 atom stereocenters. The van der Waals surface area contributed by atoms with Crippen LogP contribution in [-0.2, 0) is 12.5 Å². The molecule has 0 radical (unpaired) electrons. The van der Waals surface area contributed by atoms with Gasteiger partial charge in [0, 0.05) is 30.6 Å². The number of halogens is 2. The molecule has 0 saturated carbocycles. The largest absolute Gasteiger partial charge is 0.494 e. The number of hydrogen-bond acceptors (Lipinski definition) is 7. The zero-order valence-corrected chi connectivity index (χ0v) is 20.6. The van der Waals surface area contributed by atoms with Gasteiger partial charge in [0.2, 0.25) is 5.89 Å². The first-order valence-corrected chi connectivity index (χ1v) is 11.7. The fraction of sp³-hybridized carbons (Fsp3) is 0.259. The predicted octanol–water partition coefficient (Wildman–Crippen LogP) is 5.35. The number of nitrogens with two attached hydrogens (primary N) is 1. The van der Waals surface area contributed by atoms with E-state index in [0.717, 1.165) is 18.1 Å². The van der Waals surface area contributed by atoms with Crippen LogP contribution >= 0.6 is 0 Å². The number of fused-ring (bicyclic) bond motifs is 1. The Kier molecular flexibility index (Phi) is 7.30. The van der Waals surface area contributed by atoms with Gasteiger partial charge in [-0.3, -0.25) is 4.79 Å². The molecule has 0 aliphatic carbocycles. The predicted molar refractivity (Wildman–Crippen MR) is 136 cm³/mol. The molecule has 0 unspecified atom stereocenters. The minimum Gasteiger partial charge on any atom is -0.494 e. The summed E-state index contributed by atoms with van der Waals surface area (Å²) >= 11 is 0. The van der Waals surface area contributed by atoms with Crippen molar-refractivity contribution in [1.29, 1.82) is 5.41 Å². The van der Waals surface area contributed by atoms with Gasteiger partial charge in [0.1, 0.15) is 17.0 Å². The van der Waals surface area contributed by atoms with E-state index in [4.69, 9.17) is 20.3 Å². The highest BCUT2D eigenvalue weighted by atomic mass is 19.3. The van der Waals surface area contributed by atoms with Crippen molar-refractivity contribution in [2.24, 2.45) is 5.73 Å². The Morgan fingerprint density at radius 2 is 1.92 bits per heavy atom. The number of aromatic nitrogens is 2. The zero-order chi connectivity index (χ0) is 26.7. The van der Waals surface area contributed by atoms with E-state index in [1.165, 1.54) is 25.5 Å². The topological polar surface area (TPSA) is 127 Å². The van der Waals surface area contributed by atoms with Gasteiger partial charge in [-0.1, -0.05) is 31.2 Å². The van der Waals surface area contributed by atoms with Gasteiger partial charge in [0.05, 0.1) is 13.2 Å². The van der Waals surface area contributed by atoms with Crippen molar-refractivity contribution in [3.05, 3.63) is 76.8 Å².